The number of fused-ring (bicyclic) bond motifs is 1. The van der Waals surface area contributed by atoms with E-state index in [1.54, 1.807) is 7.11 Å². The minimum atomic E-state index is 0.0308. The average Bonchev–Trinajstić information content (AvgIpc) is 2.50. The van der Waals surface area contributed by atoms with Gasteiger partial charge in [0.05, 0.1) is 0 Å². The van der Waals surface area contributed by atoms with E-state index >= 15 is 0 Å². The molecule has 0 aliphatic carbocycles. The molecular formula is C9H8OTe. The fraction of sp³-hybridized carbons (Fsp3) is 0.111. The first-order valence-electron chi connectivity index (χ1n) is 3.40. The van der Waals surface area contributed by atoms with Crippen molar-refractivity contribution in [2.24, 2.45) is 0 Å². The molecule has 0 amide bonds. The zero-order valence-electron chi connectivity index (χ0n) is 6.20. The van der Waals surface area contributed by atoms with Gasteiger partial charge in [0.1, 0.15) is 0 Å². The van der Waals surface area contributed by atoms with Gasteiger partial charge in [0.2, 0.25) is 0 Å². The number of hydrogen-bond donors (Lipinski definition) is 0. The van der Waals surface area contributed by atoms with Crippen molar-refractivity contribution in [2.75, 3.05) is 7.11 Å². The molecule has 1 heterocycles. The second-order valence-electron chi connectivity index (χ2n) is 2.37. The van der Waals surface area contributed by atoms with Crippen molar-refractivity contribution in [2.45, 2.75) is 0 Å². The van der Waals surface area contributed by atoms with E-state index < -0.39 is 0 Å². The molecule has 0 aliphatic heterocycles. The number of benzene rings is 1. The quantitative estimate of drug-likeness (QED) is 0.711. The van der Waals surface area contributed by atoms with E-state index in [4.69, 9.17) is 4.74 Å². The monoisotopic (exact) mass is 262 g/mol. The molecule has 1 nitrogen and oxygen atoms in total. The van der Waals surface area contributed by atoms with Crippen LogP contribution in [0.3, 0.4) is 0 Å². The molecule has 0 N–H and O–H groups in total. The van der Waals surface area contributed by atoms with Crippen LogP contribution in [0.5, 0.6) is 5.75 Å². The summed E-state index contributed by atoms with van der Waals surface area (Å²) in [4.78, 5) is 0. The second kappa shape index (κ2) is 2.89. The zero-order chi connectivity index (χ0) is 7.68. The fourth-order valence-corrected chi connectivity index (χ4v) is 3.30. The Hall–Kier alpha value is -0.450. The zero-order valence-corrected chi connectivity index (χ0v) is 8.53. The molecule has 2 heteroatoms. The van der Waals surface area contributed by atoms with Gasteiger partial charge < -0.3 is 0 Å². The van der Waals surface area contributed by atoms with Gasteiger partial charge in [-0.3, -0.25) is 0 Å². The summed E-state index contributed by atoms with van der Waals surface area (Å²) in [6.45, 7) is 0. The Morgan fingerprint density at radius 1 is 1.18 bits per heavy atom. The summed E-state index contributed by atoms with van der Waals surface area (Å²) in [7, 11) is 1.71. The van der Waals surface area contributed by atoms with Gasteiger partial charge in [-0.1, -0.05) is 0 Å². The van der Waals surface area contributed by atoms with Gasteiger partial charge in [0.15, 0.2) is 0 Å². The van der Waals surface area contributed by atoms with Crippen molar-refractivity contribution in [3.63, 3.8) is 0 Å². The first-order chi connectivity index (χ1) is 5.40. The Kier molecular flexibility index (Phi) is 1.89. The normalized spacial score (nSPS) is 10.3. The molecule has 11 heavy (non-hydrogen) atoms. The number of rotatable bonds is 1. The van der Waals surface area contributed by atoms with Crippen LogP contribution in [0.2, 0.25) is 0 Å². The van der Waals surface area contributed by atoms with Gasteiger partial charge in [0.25, 0.3) is 0 Å². The standard InChI is InChI=1S/C9H8OTe/c1-10-9-3-2-7-5-11-6-8(7)4-9/h2-6H,1H3. The van der Waals surface area contributed by atoms with Crippen LogP contribution in [-0.2, 0) is 0 Å². The Morgan fingerprint density at radius 3 is 2.82 bits per heavy atom. The van der Waals surface area contributed by atoms with Gasteiger partial charge in [0, 0.05) is 0 Å². The Morgan fingerprint density at radius 2 is 2.00 bits per heavy atom. The summed E-state index contributed by atoms with van der Waals surface area (Å²) in [5, 5.41) is 2.74. The van der Waals surface area contributed by atoms with Gasteiger partial charge in [-0.05, 0) is 0 Å². The predicted octanol–water partition coefficient (Wildman–Crippen LogP) is 1.91. The van der Waals surface area contributed by atoms with Crippen LogP contribution < -0.4 is 4.74 Å². The van der Waals surface area contributed by atoms with Gasteiger partial charge in [-0.25, -0.2) is 0 Å². The summed E-state index contributed by atoms with van der Waals surface area (Å²) >= 11 is 0.0308. The van der Waals surface area contributed by atoms with Crippen LogP contribution in [0.15, 0.2) is 26.4 Å². The first-order valence-corrected chi connectivity index (χ1v) is 6.09. The van der Waals surface area contributed by atoms with E-state index in [0.29, 0.717) is 0 Å². The van der Waals surface area contributed by atoms with Crippen molar-refractivity contribution in [1.29, 1.82) is 0 Å². The van der Waals surface area contributed by atoms with E-state index in [1.165, 1.54) is 10.8 Å². The molecule has 2 aromatic rings. The number of methoxy groups -OCH3 is 1. The summed E-state index contributed by atoms with van der Waals surface area (Å²) in [6, 6.07) is 6.24. The summed E-state index contributed by atoms with van der Waals surface area (Å²) in [6.07, 6.45) is 0. The van der Waals surface area contributed by atoms with E-state index in [1.807, 2.05) is 6.07 Å². The van der Waals surface area contributed by atoms with Crippen LogP contribution in [-0.4, -0.2) is 27.5 Å². The molecule has 0 bridgehead atoms. The third kappa shape index (κ3) is 1.29. The SMILES string of the molecule is COc1ccc2c[te]cc2c1. The van der Waals surface area contributed by atoms with Gasteiger partial charge >= 0.3 is 75.2 Å². The van der Waals surface area contributed by atoms with Crippen molar-refractivity contribution in [3.8, 4) is 5.75 Å². The van der Waals surface area contributed by atoms with E-state index in [-0.39, 0.29) is 20.4 Å². The van der Waals surface area contributed by atoms with Crippen LogP contribution in [0.1, 0.15) is 0 Å². The molecule has 1 aromatic heterocycles. The molecule has 0 spiro atoms. The molecule has 0 unspecified atom stereocenters. The molecule has 56 valence electrons. The van der Waals surface area contributed by atoms with Crippen molar-refractivity contribution >= 4 is 31.2 Å². The molecule has 0 saturated carbocycles. The number of hydrogen-bond acceptors (Lipinski definition) is 1. The molecular weight excluding hydrogens is 252 g/mol. The van der Waals surface area contributed by atoms with E-state index in [0.717, 1.165) is 5.75 Å². The molecule has 2 rings (SSSR count). The summed E-state index contributed by atoms with van der Waals surface area (Å²) < 4.78 is 9.80. The average molecular weight is 260 g/mol. The van der Waals surface area contributed by atoms with Gasteiger partial charge in [-0.2, -0.15) is 0 Å². The predicted molar refractivity (Wildman–Crippen MR) is 47.4 cm³/mol. The fourth-order valence-electron chi connectivity index (χ4n) is 1.07. The van der Waals surface area contributed by atoms with Crippen LogP contribution in [0, 0.1) is 0 Å². The van der Waals surface area contributed by atoms with Crippen molar-refractivity contribution in [3.05, 3.63) is 26.4 Å². The molecule has 0 atom stereocenters. The topological polar surface area (TPSA) is 9.23 Å². The maximum atomic E-state index is 5.12. The van der Waals surface area contributed by atoms with Crippen LogP contribution in [0.25, 0.3) is 10.8 Å². The third-order valence-corrected chi connectivity index (χ3v) is 3.91. The third-order valence-electron chi connectivity index (χ3n) is 1.68. The molecule has 0 saturated heterocycles. The molecule has 0 fully saturated rings. The second-order valence-corrected chi connectivity index (χ2v) is 4.49. The van der Waals surface area contributed by atoms with Crippen molar-refractivity contribution in [1.82, 2.24) is 0 Å². The maximum absolute atomic E-state index is 5.12. The first kappa shape index (κ1) is 7.21. The molecule has 0 aliphatic rings. The minimum absolute atomic E-state index is 0.0308. The molecule has 0 radical (unpaired) electrons. The Balaban J connectivity index is 2.67. The Bertz CT molecular complexity index is 364. The molecule has 1 aromatic carbocycles. The van der Waals surface area contributed by atoms with Crippen molar-refractivity contribution < 1.29 is 4.74 Å². The van der Waals surface area contributed by atoms with Gasteiger partial charge in [-0.15, -0.1) is 0 Å². The van der Waals surface area contributed by atoms with Crippen LogP contribution >= 0.6 is 0 Å². The van der Waals surface area contributed by atoms with E-state index in [9.17, 15) is 0 Å². The van der Waals surface area contributed by atoms with Crippen LogP contribution in [0.4, 0.5) is 0 Å². The van der Waals surface area contributed by atoms with E-state index in [2.05, 4.69) is 20.3 Å². The summed E-state index contributed by atoms with van der Waals surface area (Å²) in [5.74, 6) is 0.961. The summed E-state index contributed by atoms with van der Waals surface area (Å²) in [5.41, 5.74) is 0. The Labute approximate surface area is 75.2 Å². The number of ether oxygens (including phenoxy) is 1.